The molecule has 56 valence electrons. The number of hydrogen-bond donors (Lipinski definition) is 1. The van der Waals surface area contributed by atoms with Crippen LogP contribution in [-0.4, -0.2) is 8.42 Å². The minimum Gasteiger partial charge on any atom is -0.227 e. The molecule has 1 aliphatic rings. The highest BCUT2D eigenvalue weighted by Gasteiger charge is 2.03. The highest BCUT2D eigenvalue weighted by molar-refractivity contribution is 7.77. The van der Waals surface area contributed by atoms with E-state index in [1.165, 1.54) is 0 Å². The second-order valence-electron chi connectivity index (χ2n) is 2.46. The van der Waals surface area contributed by atoms with Crippen LogP contribution in [0, 0.1) is 5.92 Å². The molecule has 0 aromatic heterocycles. The Kier molecular flexibility index (Phi) is 2.27. The molecule has 3 heteroatoms. The molecule has 0 N–H and O–H groups in total. The van der Waals surface area contributed by atoms with Gasteiger partial charge in [-0.1, -0.05) is 19.1 Å². The van der Waals surface area contributed by atoms with Crippen molar-refractivity contribution in [3.05, 3.63) is 23.1 Å². The van der Waals surface area contributed by atoms with E-state index < -0.39 is 10.7 Å². The van der Waals surface area contributed by atoms with E-state index >= 15 is 0 Å². The summed E-state index contributed by atoms with van der Waals surface area (Å²) in [6, 6.07) is 0. The van der Waals surface area contributed by atoms with Crippen molar-refractivity contribution in [2.75, 3.05) is 0 Å². The summed E-state index contributed by atoms with van der Waals surface area (Å²) in [5, 5.41) is 0. The molecule has 0 fully saturated rings. The molecular formula is C7H10O2S. The Hall–Kier alpha value is -0.570. The van der Waals surface area contributed by atoms with Gasteiger partial charge in [0.2, 0.25) is 0 Å². The van der Waals surface area contributed by atoms with Crippen molar-refractivity contribution in [3.63, 3.8) is 0 Å². The third-order valence-electron chi connectivity index (χ3n) is 1.51. The molecule has 0 spiro atoms. The molecule has 0 saturated heterocycles. The van der Waals surface area contributed by atoms with Crippen LogP contribution in [0.3, 0.4) is 0 Å². The maximum Gasteiger partial charge on any atom is 0.167 e. The van der Waals surface area contributed by atoms with Crippen LogP contribution >= 0.6 is 0 Å². The molecular weight excluding hydrogens is 148 g/mol. The van der Waals surface area contributed by atoms with Crippen molar-refractivity contribution in [1.82, 2.24) is 0 Å². The van der Waals surface area contributed by atoms with E-state index in [0.29, 0.717) is 10.8 Å². The first kappa shape index (κ1) is 7.54. The Bertz CT molecular complexity index is 240. The summed E-state index contributed by atoms with van der Waals surface area (Å²) in [4.78, 5) is 0.452. The third kappa shape index (κ3) is 1.70. The molecule has 1 atom stereocenters. The lowest BCUT2D eigenvalue weighted by atomic mass is 10.0. The Morgan fingerprint density at radius 2 is 2.30 bits per heavy atom. The van der Waals surface area contributed by atoms with E-state index in [1.807, 2.05) is 6.08 Å². The van der Waals surface area contributed by atoms with E-state index in [9.17, 15) is 8.42 Å². The zero-order valence-electron chi connectivity index (χ0n) is 5.78. The zero-order chi connectivity index (χ0) is 7.56. The lowest BCUT2D eigenvalue weighted by Gasteiger charge is -2.06. The van der Waals surface area contributed by atoms with Gasteiger partial charge in [-0.15, -0.1) is 0 Å². The molecule has 2 nitrogen and oxygen atoms in total. The standard InChI is InChI=1S/C7H10O2S/c1-6-2-4-7(5-3-6)10(8)9/h2,4-6,10H,3H2,1H3/t6-/m0/s1. The first-order valence-electron chi connectivity index (χ1n) is 3.23. The second kappa shape index (κ2) is 3.01. The molecule has 1 aliphatic carbocycles. The van der Waals surface area contributed by atoms with Gasteiger partial charge in [-0.05, 0) is 18.4 Å². The van der Waals surface area contributed by atoms with Crippen LogP contribution in [0.15, 0.2) is 23.1 Å². The average molecular weight is 158 g/mol. The van der Waals surface area contributed by atoms with E-state index in [2.05, 4.69) is 6.92 Å². The lowest BCUT2D eigenvalue weighted by Crippen LogP contribution is -1.94. The SMILES string of the molecule is C[C@H]1C=CC([SH](=O)=O)=CC1. The van der Waals surface area contributed by atoms with Gasteiger partial charge >= 0.3 is 0 Å². The largest absolute Gasteiger partial charge is 0.227 e. The topological polar surface area (TPSA) is 34.1 Å². The second-order valence-corrected chi connectivity index (χ2v) is 3.49. The van der Waals surface area contributed by atoms with Crippen LogP contribution in [0.25, 0.3) is 0 Å². The van der Waals surface area contributed by atoms with E-state index in [1.54, 1.807) is 12.2 Å². The summed E-state index contributed by atoms with van der Waals surface area (Å²) in [5.41, 5.74) is 0. The molecule has 0 saturated carbocycles. The van der Waals surface area contributed by atoms with Crippen LogP contribution in [0.4, 0.5) is 0 Å². The molecule has 1 rings (SSSR count). The quantitative estimate of drug-likeness (QED) is 0.579. The van der Waals surface area contributed by atoms with Crippen molar-refractivity contribution in [2.24, 2.45) is 5.92 Å². The van der Waals surface area contributed by atoms with Crippen LogP contribution < -0.4 is 0 Å². The zero-order valence-corrected chi connectivity index (χ0v) is 6.67. The van der Waals surface area contributed by atoms with E-state index in [0.717, 1.165) is 6.42 Å². The number of rotatable bonds is 1. The van der Waals surface area contributed by atoms with E-state index in [4.69, 9.17) is 0 Å². The van der Waals surface area contributed by atoms with E-state index in [-0.39, 0.29) is 0 Å². The number of hydrogen-bond acceptors (Lipinski definition) is 2. The van der Waals surface area contributed by atoms with Crippen molar-refractivity contribution in [1.29, 1.82) is 0 Å². The Balaban J connectivity index is 2.77. The summed E-state index contributed by atoms with van der Waals surface area (Å²) in [6.45, 7) is 2.06. The fraction of sp³-hybridized carbons (Fsp3) is 0.429. The summed E-state index contributed by atoms with van der Waals surface area (Å²) in [6.07, 6.45) is 6.19. The van der Waals surface area contributed by atoms with Crippen molar-refractivity contribution in [3.8, 4) is 0 Å². The number of thiol groups is 1. The maximum atomic E-state index is 10.4. The molecule has 0 heterocycles. The summed E-state index contributed by atoms with van der Waals surface area (Å²) in [5.74, 6) is 0.485. The normalized spacial score (nSPS) is 25.0. The van der Waals surface area contributed by atoms with Crippen LogP contribution in [-0.2, 0) is 10.7 Å². The van der Waals surface area contributed by atoms with Gasteiger partial charge in [-0.25, -0.2) is 8.42 Å². The van der Waals surface area contributed by atoms with Gasteiger partial charge in [0.25, 0.3) is 0 Å². The number of allylic oxidation sites excluding steroid dienone is 3. The minimum absolute atomic E-state index is 0.452. The van der Waals surface area contributed by atoms with Gasteiger partial charge in [-0.2, -0.15) is 0 Å². The van der Waals surface area contributed by atoms with Gasteiger partial charge < -0.3 is 0 Å². The molecule has 0 aliphatic heterocycles. The van der Waals surface area contributed by atoms with Gasteiger partial charge in [0.05, 0.1) is 4.91 Å². The fourth-order valence-electron chi connectivity index (χ4n) is 0.851. The molecule has 10 heavy (non-hydrogen) atoms. The van der Waals surface area contributed by atoms with Crippen molar-refractivity contribution in [2.45, 2.75) is 13.3 Å². The molecule has 0 aromatic rings. The Morgan fingerprint density at radius 1 is 1.60 bits per heavy atom. The van der Waals surface area contributed by atoms with Gasteiger partial charge in [-0.3, -0.25) is 0 Å². The summed E-state index contributed by atoms with van der Waals surface area (Å²) >= 11 is 0. The van der Waals surface area contributed by atoms with Crippen LogP contribution in [0.2, 0.25) is 0 Å². The predicted molar refractivity (Wildman–Crippen MR) is 41.3 cm³/mol. The van der Waals surface area contributed by atoms with Gasteiger partial charge in [0.1, 0.15) is 0 Å². The highest BCUT2D eigenvalue weighted by atomic mass is 32.2. The molecule has 0 aromatic carbocycles. The maximum absolute atomic E-state index is 10.4. The lowest BCUT2D eigenvalue weighted by molar-refractivity contribution is 0.619. The summed E-state index contributed by atoms with van der Waals surface area (Å²) in [7, 11) is -2.36. The first-order valence-corrected chi connectivity index (χ1v) is 4.40. The minimum atomic E-state index is -2.36. The van der Waals surface area contributed by atoms with Crippen LogP contribution in [0.5, 0.6) is 0 Å². The molecule has 0 radical (unpaired) electrons. The van der Waals surface area contributed by atoms with Gasteiger partial charge in [0.15, 0.2) is 10.7 Å². The summed E-state index contributed by atoms with van der Waals surface area (Å²) < 4.78 is 20.8. The average Bonchev–Trinajstić information content (AvgIpc) is 1.88. The first-order chi connectivity index (χ1) is 4.70. The molecule has 0 amide bonds. The van der Waals surface area contributed by atoms with Gasteiger partial charge in [0, 0.05) is 0 Å². The molecule has 0 unspecified atom stereocenters. The van der Waals surface area contributed by atoms with Crippen molar-refractivity contribution < 1.29 is 8.42 Å². The Morgan fingerprint density at radius 3 is 2.70 bits per heavy atom. The fourth-order valence-corrected chi connectivity index (χ4v) is 1.31. The van der Waals surface area contributed by atoms with Crippen molar-refractivity contribution >= 4 is 10.7 Å². The highest BCUT2D eigenvalue weighted by Crippen LogP contribution is 2.15. The molecule has 0 bridgehead atoms. The monoisotopic (exact) mass is 158 g/mol. The smallest absolute Gasteiger partial charge is 0.167 e. The third-order valence-corrected chi connectivity index (χ3v) is 2.26. The Labute approximate surface area is 62.2 Å². The van der Waals surface area contributed by atoms with Crippen LogP contribution in [0.1, 0.15) is 13.3 Å². The predicted octanol–water partition coefficient (Wildman–Crippen LogP) is 1.08.